The first-order valence-corrected chi connectivity index (χ1v) is 8.75. The molecule has 1 saturated heterocycles. The minimum Gasteiger partial charge on any atom is -0.308 e. The van der Waals surface area contributed by atoms with Gasteiger partial charge in [-0.05, 0) is 42.8 Å². The van der Waals surface area contributed by atoms with E-state index in [2.05, 4.69) is 65.0 Å². The van der Waals surface area contributed by atoms with Crippen molar-refractivity contribution in [2.75, 3.05) is 26.2 Å². The maximum Gasteiger partial charge on any atom is 0.0386 e. The Morgan fingerprint density at radius 2 is 2.10 bits per heavy atom. The molecule has 2 unspecified atom stereocenters. The van der Waals surface area contributed by atoms with Gasteiger partial charge in [0.1, 0.15) is 0 Å². The second-order valence-corrected chi connectivity index (χ2v) is 6.87. The molecular weight excluding hydrogens is 276 g/mol. The third-order valence-electron chi connectivity index (χ3n) is 4.39. The second-order valence-electron chi connectivity index (χ2n) is 5.89. The van der Waals surface area contributed by atoms with Gasteiger partial charge in [0.25, 0.3) is 0 Å². The summed E-state index contributed by atoms with van der Waals surface area (Å²) in [5, 5.41) is 5.79. The fraction of sp³-hybridized carbons (Fsp3) is 0.444. The van der Waals surface area contributed by atoms with Gasteiger partial charge >= 0.3 is 0 Å². The summed E-state index contributed by atoms with van der Waals surface area (Å²) in [7, 11) is 0. The smallest absolute Gasteiger partial charge is 0.0386 e. The van der Waals surface area contributed by atoms with Crippen LogP contribution in [0, 0.1) is 0 Å². The van der Waals surface area contributed by atoms with Gasteiger partial charge in [-0.15, -0.1) is 11.3 Å². The van der Waals surface area contributed by atoms with Crippen LogP contribution in [-0.4, -0.2) is 31.1 Å². The molecule has 0 spiro atoms. The van der Waals surface area contributed by atoms with Crippen molar-refractivity contribution in [1.29, 1.82) is 0 Å². The lowest BCUT2D eigenvalue weighted by molar-refractivity contribution is 0.326. The molecule has 1 N–H and O–H groups in total. The Kier molecular flexibility index (Phi) is 5.07. The van der Waals surface area contributed by atoms with Crippen molar-refractivity contribution < 1.29 is 0 Å². The van der Waals surface area contributed by atoms with Gasteiger partial charge in [-0.1, -0.05) is 36.4 Å². The molecule has 3 heteroatoms. The van der Waals surface area contributed by atoms with Crippen LogP contribution in [0.25, 0.3) is 0 Å². The third-order valence-corrected chi connectivity index (χ3v) is 5.45. The molecule has 1 aromatic carbocycles. The highest BCUT2D eigenvalue weighted by Crippen LogP contribution is 2.26. The van der Waals surface area contributed by atoms with Crippen LogP contribution in [0.5, 0.6) is 0 Å². The summed E-state index contributed by atoms with van der Waals surface area (Å²) in [5.74, 6) is 0.723. The van der Waals surface area contributed by atoms with E-state index < -0.39 is 0 Å². The van der Waals surface area contributed by atoms with Gasteiger partial charge in [-0.3, -0.25) is 0 Å². The average molecular weight is 300 g/mol. The van der Waals surface area contributed by atoms with Crippen molar-refractivity contribution in [3.05, 3.63) is 58.3 Å². The first-order chi connectivity index (χ1) is 10.3. The number of benzene rings is 1. The molecule has 2 nitrogen and oxygen atoms in total. The lowest BCUT2D eigenvalue weighted by Crippen LogP contribution is -2.31. The Hall–Kier alpha value is -1.16. The molecule has 2 aromatic rings. The van der Waals surface area contributed by atoms with E-state index in [0.29, 0.717) is 6.04 Å². The van der Waals surface area contributed by atoms with E-state index >= 15 is 0 Å². The number of hydrogen-bond acceptors (Lipinski definition) is 3. The molecule has 2 heterocycles. The van der Waals surface area contributed by atoms with Crippen molar-refractivity contribution in [1.82, 2.24) is 10.2 Å². The second kappa shape index (κ2) is 7.21. The fourth-order valence-electron chi connectivity index (χ4n) is 3.11. The van der Waals surface area contributed by atoms with Gasteiger partial charge in [0.05, 0.1) is 0 Å². The van der Waals surface area contributed by atoms with Crippen LogP contribution in [0.15, 0.2) is 47.8 Å². The van der Waals surface area contributed by atoms with E-state index in [1.807, 2.05) is 11.3 Å². The van der Waals surface area contributed by atoms with Gasteiger partial charge < -0.3 is 10.2 Å². The Bertz CT molecular complexity index is 523. The number of likely N-dealkylation sites (tertiary alicyclic amines) is 1. The van der Waals surface area contributed by atoms with Crippen LogP contribution in [0.2, 0.25) is 0 Å². The molecule has 3 rings (SSSR count). The van der Waals surface area contributed by atoms with Crippen LogP contribution in [0.1, 0.15) is 35.7 Å². The average Bonchev–Trinajstić information content (AvgIpc) is 3.20. The summed E-state index contributed by atoms with van der Waals surface area (Å²) in [6, 6.07) is 15.8. The zero-order valence-electron chi connectivity index (χ0n) is 12.7. The van der Waals surface area contributed by atoms with Gasteiger partial charge in [0, 0.05) is 30.6 Å². The number of thiophene rings is 1. The molecule has 0 saturated carbocycles. The fourth-order valence-corrected chi connectivity index (χ4v) is 3.87. The molecule has 0 amide bonds. The monoisotopic (exact) mass is 300 g/mol. The molecule has 1 fully saturated rings. The zero-order valence-corrected chi connectivity index (χ0v) is 13.5. The number of hydrogen-bond donors (Lipinski definition) is 1. The summed E-state index contributed by atoms with van der Waals surface area (Å²) in [6.45, 7) is 6.91. The number of rotatable bonds is 6. The van der Waals surface area contributed by atoms with Crippen molar-refractivity contribution in [3.8, 4) is 0 Å². The lowest BCUT2D eigenvalue weighted by atomic mass is 9.99. The highest BCUT2D eigenvalue weighted by molar-refractivity contribution is 7.10. The topological polar surface area (TPSA) is 15.3 Å². The molecule has 0 bridgehead atoms. The predicted molar refractivity (Wildman–Crippen MR) is 91.0 cm³/mol. The quantitative estimate of drug-likeness (QED) is 0.870. The Morgan fingerprint density at radius 3 is 2.86 bits per heavy atom. The van der Waals surface area contributed by atoms with Crippen molar-refractivity contribution in [2.45, 2.75) is 25.3 Å². The Labute approximate surface area is 131 Å². The molecule has 1 aromatic heterocycles. The SMILES string of the molecule is CC(NCCN1CCC(c2ccccc2)C1)c1cccs1. The highest BCUT2D eigenvalue weighted by atomic mass is 32.1. The molecule has 0 aliphatic carbocycles. The van der Waals surface area contributed by atoms with E-state index in [9.17, 15) is 0 Å². The van der Waals surface area contributed by atoms with E-state index in [1.54, 1.807) is 0 Å². The summed E-state index contributed by atoms with van der Waals surface area (Å²) < 4.78 is 0. The van der Waals surface area contributed by atoms with Crippen LogP contribution >= 0.6 is 11.3 Å². The number of nitrogens with zero attached hydrogens (tertiary/aromatic N) is 1. The van der Waals surface area contributed by atoms with Gasteiger partial charge in [-0.2, -0.15) is 0 Å². The van der Waals surface area contributed by atoms with E-state index in [0.717, 1.165) is 19.0 Å². The highest BCUT2D eigenvalue weighted by Gasteiger charge is 2.23. The van der Waals surface area contributed by atoms with Crippen LogP contribution in [0.3, 0.4) is 0 Å². The lowest BCUT2D eigenvalue weighted by Gasteiger charge is -2.18. The largest absolute Gasteiger partial charge is 0.308 e. The predicted octanol–water partition coefficient (Wildman–Crippen LogP) is 3.89. The summed E-state index contributed by atoms with van der Waals surface area (Å²) in [4.78, 5) is 4.02. The standard InChI is InChI=1S/C18H24N2S/c1-15(18-8-5-13-21-18)19-10-12-20-11-9-17(14-20)16-6-3-2-4-7-16/h2-8,13,15,17,19H,9-12,14H2,1H3. The minimum atomic E-state index is 0.470. The minimum absolute atomic E-state index is 0.470. The maximum atomic E-state index is 3.64. The first kappa shape index (κ1) is 14.8. The molecular formula is C18H24N2S. The van der Waals surface area contributed by atoms with Crippen LogP contribution in [-0.2, 0) is 0 Å². The Morgan fingerprint density at radius 1 is 1.24 bits per heavy atom. The van der Waals surface area contributed by atoms with Gasteiger partial charge in [-0.25, -0.2) is 0 Å². The summed E-state index contributed by atoms with van der Waals surface area (Å²) >= 11 is 1.84. The van der Waals surface area contributed by atoms with Crippen LogP contribution in [0.4, 0.5) is 0 Å². The Balaban J connectivity index is 1.41. The third kappa shape index (κ3) is 3.94. The van der Waals surface area contributed by atoms with Crippen molar-refractivity contribution in [3.63, 3.8) is 0 Å². The molecule has 21 heavy (non-hydrogen) atoms. The van der Waals surface area contributed by atoms with E-state index in [-0.39, 0.29) is 0 Å². The first-order valence-electron chi connectivity index (χ1n) is 7.87. The van der Waals surface area contributed by atoms with Gasteiger partial charge in [0.15, 0.2) is 0 Å². The van der Waals surface area contributed by atoms with Gasteiger partial charge in [0.2, 0.25) is 0 Å². The van der Waals surface area contributed by atoms with E-state index in [4.69, 9.17) is 0 Å². The molecule has 1 aliphatic rings. The van der Waals surface area contributed by atoms with E-state index in [1.165, 1.54) is 30.0 Å². The summed E-state index contributed by atoms with van der Waals surface area (Å²) in [5.41, 5.74) is 1.50. The number of nitrogens with one attached hydrogen (secondary N) is 1. The van der Waals surface area contributed by atoms with Crippen molar-refractivity contribution >= 4 is 11.3 Å². The molecule has 1 aliphatic heterocycles. The molecule has 0 radical (unpaired) electrons. The normalized spacial score (nSPS) is 20.7. The molecule has 2 atom stereocenters. The summed E-state index contributed by atoms with van der Waals surface area (Å²) in [6.07, 6.45) is 1.30. The molecule has 112 valence electrons. The van der Waals surface area contributed by atoms with Crippen molar-refractivity contribution in [2.24, 2.45) is 0 Å². The van der Waals surface area contributed by atoms with Crippen LogP contribution < -0.4 is 5.32 Å². The zero-order chi connectivity index (χ0) is 14.5. The maximum absolute atomic E-state index is 3.64.